The van der Waals surface area contributed by atoms with Crippen LogP contribution in [0.5, 0.6) is 0 Å². The van der Waals surface area contributed by atoms with Crippen molar-refractivity contribution in [2.45, 2.75) is 24.8 Å². The van der Waals surface area contributed by atoms with Gasteiger partial charge in [-0.15, -0.1) is 0 Å². The van der Waals surface area contributed by atoms with Crippen LogP contribution in [0.15, 0.2) is 53.4 Å². The van der Waals surface area contributed by atoms with E-state index >= 15 is 0 Å². The second kappa shape index (κ2) is 7.57. The number of benzene rings is 2. The lowest BCUT2D eigenvalue weighted by Crippen LogP contribution is -2.44. The SMILES string of the molecule is Cc1cccc(NC(=O)c2cccc(S(=O)(=O)N3CCOC(C)C3)c2)c1. The third-order valence-corrected chi connectivity index (χ3v) is 6.07. The van der Waals surface area contributed by atoms with E-state index in [4.69, 9.17) is 4.74 Å². The maximum Gasteiger partial charge on any atom is 0.255 e. The first-order valence-corrected chi connectivity index (χ1v) is 9.90. The Morgan fingerprint density at radius 1 is 1.19 bits per heavy atom. The Morgan fingerprint density at radius 3 is 2.69 bits per heavy atom. The van der Waals surface area contributed by atoms with Gasteiger partial charge >= 0.3 is 0 Å². The molecule has 1 saturated heterocycles. The van der Waals surface area contributed by atoms with E-state index in [1.807, 2.05) is 32.0 Å². The van der Waals surface area contributed by atoms with Crippen LogP contribution in [0.2, 0.25) is 0 Å². The van der Waals surface area contributed by atoms with Crippen LogP contribution in [0.1, 0.15) is 22.8 Å². The van der Waals surface area contributed by atoms with Gasteiger partial charge in [0.15, 0.2) is 0 Å². The van der Waals surface area contributed by atoms with E-state index in [-0.39, 0.29) is 16.9 Å². The maximum absolute atomic E-state index is 12.8. The van der Waals surface area contributed by atoms with Crippen molar-refractivity contribution in [2.75, 3.05) is 25.0 Å². The number of ether oxygens (including phenoxy) is 1. The first-order valence-electron chi connectivity index (χ1n) is 8.46. The van der Waals surface area contributed by atoms with Gasteiger partial charge in [-0.2, -0.15) is 4.31 Å². The van der Waals surface area contributed by atoms with Crippen LogP contribution in [0.3, 0.4) is 0 Å². The van der Waals surface area contributed by atoms with E-state index in [0.717, 1.165) is 5.56 Å². The number of nitrogens with zero attached hydrogens (tertiary/aromatic N) is 1. The summed E-state index contributed by atoms with van der Waals surface area (Å²) in [6.45, 7) is 4.77. The molecule has 6 nitrogen and oxygen atoms in total. The van der Waals surface area contributed by atoms with Gasteiger partial charge in [0, 0.05) is 24.3 Å². The summed E-state index contributed by atoms with van der Waals surface area (Å²) >= 11 is 0. The Labute approximate surface area is 153 Å². The molecule has 2 aromatic carbocycles. The van der Waals surface area contributed by atoms with E-state index in [1.54, 1.807) is 18.2 Å². The topological polar surface area (TPSA) is 75.7 Å². The molecule has 1 amide bonds. The van der Waals surface area contributed by atoms with Gasteiger partial charge in [-0.1, -0.05) is 18.2 Å². The highest BCUT2D eigenvalue weighted by Gasteiger charge is 2.29. The van der Waals surface area contributed by atoms with Gasteiger partial charge < -0.3 is 10.1 Å². The Bertz CT molecular complexity index is 911. The predicted octanol–water partition coefficient (Wildman–Crippen LogP) is 2.66. The lowest BCUT2D eigenvalue weighted by atomic mass is 10.2. The van der Waals surface area contributed by atoms with Crippen molar-refractivity contribution in [3.63, 3.8) is 0 Å². The highest BCUT2D eigenvalue weighted by molar-refractivity contribution is 7.89. The Hall–Kier alpha value is -2.22. The lowest BCUT2D eigenvalue weighted by Gasteiger charge is -2.30. The van der Waals surface area contributed by atoms with E-state index in [2.05, 4.69) is 5.32 Å². The van der Waals surface area contributed by atoms with Crippen LogP contribution in [0.25, 0.3) is 0 Å². The summed E-state index contributed by atoms with van der Waals surface area (Å²) in [5.74, 6) is -0.344. The summed E-state index contributed by atoms with van der Waals surface area (Å²) in [7, 11) is -3.66. The van der Waals surface area contributed by atoms with Gasteiger partial charge in [-0.05, 0) is 49.7 Å². The maximum atomic E-state index is 12.8. The van der Waals surface area contributed by atoms with Crippen LogP contribution in [0.4, 0.5) is 5.69 Å². The summed E-state index contributed by atoms with van der Waals surface area (Å²) in [6.07, 6.45) is -0.147. The molecule has 1 N–H and O–H groups in total. The lowest BCUT2D eigenvalue weighted by molar-refractivity contribution is 0.0102. The first kappa shape index (κ1) is 18.6. The summed E-state index contributed by atoms with van der Waals surface area (Å²) in [5, 5.41) is 2.80. The second-order valence-electron chi connectivity index (χ2n) is 6.40. The molecule has 0 aliphatic carbocycles. The number of anilines is 1. The average molecular weight is 374 g/mol. The molecule has 1 atom stereocenters. The van der Waals surface area contributed by atoms with Crippen molar-refractivity contribution in [3.05, 3.63) is 59.7 Å². The summed E-state index contributed by atoms with van der Waals surface area (Å²) in [4.78, 5) is 12.6. The van der Waals surface area contributed by atoms with Gasteiger partial charge in [0.05, 0.1) is 17.6 Å². The van der Waals surface area contributed by atoms with Crippen LogP contribution in [-0.4, -0.2) is 44.4 Å². The summed E-state index contributed by atoms with van der Waals surface area (Å²) in [6, 6.07) is 13.6. The van der Waals surface area contributed by atoms with Crippen molar-refractivity contribution in [3.8, 4) is 0 Å². The standard InChI is InChI=1S/C19H22N2O4S/c1-14-5-3-7-17(11-14)20-19(22)16-6-4-8-18(12-16)26(23,24)21-9-10-25-15(2)13-21/h3-8,11-12,15H,9-10,13H2,1-2H3,(H,20,22). The molecule has 0 bridgehead atoms. The van der Waals surface area contributed by atoms with Crippen LogP contribution >= 0.6 is 0 Å². The molecule has 0 spiro atoms. The molecule has 1 fully saturated rings. The monoisotopic (exact) mass is 374 g/mol. The number of hydrogen-bond donors (Lipinski definition) is 1. The largest absolute Gasteiger partial charge is 0.376 e. The number of sulfonamides is 1. The zero-order valence-corrected chi connectivity index (χ0v) is 15.6. The zero-order valence-electron chi connectivity index (χ0n) is 14.8. The smallest absolute Gasteiger partial charge is 0.255 e. The average Bonchev–Trinajstić information content (AvgIpc) is 2.62. The van der Waals surface area contributed by atoms with Crippen molar-refractivity contribution in [1.82, 2.24) is 4.31 Å². The van der Waals surface area contributed by atoms with Crippen LogP contribution in [-0.2, 0) is 14.8 Å². The van der Waals surface area contributed by atoms with E-state index in [9.17, 15) is 13.2 Å². The molecule has 1 aliphatic heterocycles. The molecule has 3 rings (SSSR count). The Balaban J connectivity index is 1.82. The summed E-state index contributed by atoms with van der Waals surface area (Å²) < 4.78 is 32.5. The molecular formula is C19H22N2O4S. The van der Waals surface area contributed by atoms with Crippen molar-refractivity contribution >= 4 is 21.6 Å². The number of aryl methyl sites for hydroxylation is 1. The number of rotatable bonds is 4. The number of carbonyl (C=O) groups excluding carboxylic acids is 1. The number of morpholine rings is 1. The molecule has 1 unspecified atom stereocenters. The minimum atomic E-state index is -3.66. The quantitative estimate of drug-likeness (QED) is 0.893. The van der Waals surface area contributed by atoms with E-state index in [0.29, 0.717) is 30.9 Å². The highest BCUT2D eigenvalue weighted by Crippen LogP contribution is 2.20. The highest BCUT2D eigenvalue weighted by atomic mass is 32.2. The van der Waals surface area contributed by atoms with Crippen molar-refractivity contribution < 1.29 is 17.9 Å². The van der Waals surface area contributed by atoms with E-state index < -0.39 is 10.0 Å². The van der Waals surface area contributed by atoms with Crippen LogP contribution in [0, 0.1) is 6.92 Å². The fourth-order valence-corrected chi connectivity index (χ4v) is 4.42. The number of nitrogens with one attached hydrogen (secondary N) is 1. The van der Waals surface area contributed by atoms with Gasteiger partial charge in [-0.25, -0.2) is 8.42 Å². The zero-order chi connectivity index (χ0) is 18.7. The number of hydrogen-bond acceptors (Lipinski definition) is 4. The molecule has 0 saturated carbocycles. The molecule has 1 aliphatic rings. The van der Waals surface area contributed by atoms with Gasteiger partial charge in [0.25, 0.3) is 5.91 Å². The normalized spacial score (nSPS) is 18.5. The molecule has 26 heavy (non-hydrogen) atoms. The minimum absolute atomic E-state index is 0.114. The number of amides is 1. The Morgan fingerprint density at radius 2 is 1.96 bits per heavy atom. The van der Waals surface area contributed by atoms with Gasteiger partial charge in [-0.3, -0.25) is 4.79 Å². The fourth-order valence-electron chi connectivity index (χ4n) is 2.88. The summed E-state index contributed by atoms with van der Waals surface area (Å²) in [5.41, 5.74) is 2.00. The molecule has 0 radical (unpaired) electrons. The molecule has 7 heteroatoms. The third kappa shape index (κ3) is 4.12. The molecule has 0 aromatic heterocycles. The second-order valence-corrected chi connectivity index (χ2v) is 8.33. The van der Waals surface area contributed by atoms with Gasteiger partial charge in [0.2, 0.25) is 10.0 Å². The molecular weight excluding hydrogens is 352 g/mol. The third-order valence-electron chi connectivity index (χ3n) is 4.21. The molecule has 2 aromatic rings. The van der Waals surface area contributed by atoms with Crippen molar-refractivity contribution in [2.24, 2.45) is 0 Å². The molecule has 138 valence electrons. The van der Waals surface area contributed by atoms with Gasteiger partial charge in [0.1, 0.15) is 0 Å². The predicted molar refractivity (Wildman–Crippen MR) is 99.7 cm³/mol. The first-order chi connectivity index (χ1) is 12.4. The Kier molecular flexibility index (Phi) is 5.41. The van der Waals surface area contributed by atoms with Crippen LogP contribution < -0.4 is 5.32 Å². The number of carbonyl (C=O) groups is 1. The molecule has 1 heterocycles. The minimum Gasteiger partial charge on any atom is -0.376 e. The van der Waals surface area contributed by atoms with E-state index in [1.165, 1.54) is 16.4 Å². The fraction of sp³-hybridized carbons (Fsp3) is 0.316. The van der Waals surface area contributed by atoms with Crippen molar-refractivity contribution in [1.29, 1.82) is 0 Å².